The first kappa shape index (κ1) is 16.8. The normalized spacial score (nSPS) is 12.4. The Balaban J connectivity index is 2.07. The van der Waals surface area contributed by atoms with E-state index < -0.39 is 0 Å². The van der Waals surface area contributed by atoms with Gasteiger partial charge in [0.1, 0.15) is 0 Å². The topological polar surface area (TPSA) is 12.0 Å². The third kappa shape index (κ3) is 5.30. The van der Waals surface area contributed by atoms with Crippen LogP contribution in [-0.4, -0.2) is 12.6 Å². The molecule has 0 aliphatic heterocycles. The van der Waals surface area contributed by atoms with Crippen molar-refractivity contribution in [2.75, 3.05) is 6.54 Å². The second kappa shape index (κ2) is 8.19. The van der Waals surface area contributed by atoms with Gasteiger partial charge in [0.05, 0.1) is 10.0 Å². The highest BCUT2D eigenvalue weighted by Gasteiger charge is 2.10. The fourth-order valence-electron chi connectivity index (χ4n) is 2.36. The molecule has 0 saturated heterocycles. The quantitative estimate of drug-likeness (QED) is 0.689. The highest BCUT2D eigenvalue weighted by Crippen LogP contribution is 2.23. The average molecular weight is 387 g/mol. The predicted molar refractivity (Wildman–Crippen MR) is 95.5 cm³/mol. The van der Waals surface area contributed by atoms with Crippen LogP contribution < -0.4 is 5.32 Å². The second-order valence-electron chi connectivity index (χ2n) is 5.04. The monoisotopic (exact) mass is 385 g/mol. The van der Waals surface area contributed by atoms with Gasteiger partial charge in [-0.2, -0.15) is 0 Å². The van der Waals surface area contributed by atoms with E-state index in [2.05, 4.69) is 52.4 Å². The summed E-state index contributed by atoms with van der Waals surface area (Å²) in [6, 6.07) is 14.7. The van der Waals surface area contributed by atoms with Gasteiger partial charge in [-0.25, -0.2) is 0 Å². The van der Waals surface area contributed by atoms with Crippen LogP contribution in [-0.2, 0) is 12.8 Å². The molecule has 0 heterocycles. The number of benzene rings is 2. The molecule has 4 heteroatoms. The molecule has 0 aromatic heterocycles. The van der Waals surface area contributed by atoms with Gasteiger partial charge in [-0.15, -0.1) is 0 Å². The Morgan fingerprint density at radius 1 is 0.952 bits per heavy atom. The number of likely N-dealkylation sites (N-methyl/N-ethyl adjacent to an activating group) is 1. The van der Waals surface area contributed by atoms with Crippen molar-refractivity contribution in [1.29, 1.82) is 0 Å². The SMILES string of the molecule is CCNC(Cc1ccc(Br)cc1)Cc1ccc(Cl)c(Cl)c1. The van der Waals surface area contributed by atoms with Crippen molar-refractivity contribution < 1.29 is 0 Å². The Hall–Kier alpha value is -0.540. The second-order valence-corrected chi connectivity index (χ2v) is 6.77. The van der Waals surface area contributed by atoms with Crippen LogP contribution in [0.2, 0.25) is 10.0 Å². The molecule has 0 saturated carbocycles. The molecule has 2 aromatic rings. The van der Waals surface area contributed by atoms with Crippen LogP contribution in [0.15, 0.2) is 46.9 Å². The van der Waals surface area contributed by atoms with Crippen LogP contribution in [0.3, 0.4) is 0 Å². The maximum absolute atomic E-state index is 6.09. The average Bonchev–Trinajstić information content (AvgIpc) is 2.46. The minimum absolute atomic E-state index is 0.383. The molecule has 21 heavy (non-hydrogen) atoms. The van der Waals surface area contributed by atoms with Gasteiger partial charge in [0.25, 0.3) is 0 Å². The molecule has 0 fully saturated rings. The van der Waals surface area contributed by atoms with E-state index >= 15 is 0 Å². The summed E-state index contributed by atoms with van der Waals surface area (Å²) >= 11 is 15.5. The Morgan fingerprint density at radius 3 is 2.19 bits per heavy atom. The van der Waals surface area contributed by atoms with E-state index in [1.165, 1.54) is 11.1 Å². The standard InChI is InChI=1S/C17H18BrCl2N/c1-2-21-15(9-12-3-6-14(18)7-4-12)10-13-5-8-16(19)17(20)11-13/h3-8,11,15,21H,2,9-10H2,1H3. The minimum atomic E-state index is 0.383. The lowest BCUT2D eigenvalue weighted by Gasteiger charge is -2.18. The third-order valence-electron chi connectivity index (χ3n) is 3.35. The Morgan fingerprint density at radius 2 is 1.57 bits per heavy atom. The molecule has 0 spiro atoms. The smallest absolute Gasteiger partial charge is 0.0595 e. The first-order valence-electron chi connectivity index (χ1n) is 7.00. The largest absolute Gasteiger partial charge is 0.314 e. The lowest BCUT2D eigenvalue weighted by Crippen LogP contribution is -2.33. The van der Waals surface area contributed by atoms with Gasteiger partial charge in [0.2, 0.25) is 0 Å². The molecule has 1 N–H and O–H groups in total. The summed E-state index contributed by atoms with van der Waals surface area (Å²) in [6.45, 7) is 3.08. The van der Waals surface area contributed by atoms with Gasteiger partial charge < -0.3 is 5.32 Å². The molecule has 0 radical (unpaired) electrons. The van der Waals surface area contributed by atoms with Gasteiger partial charge in [-0.05, 0) is 54.8 Å². The molecule has 0 aliphatic rings. The molecular formula is C17H18BrCl2N. The zero-order chi connectivity index (χ0) is 15.2. The third-order valence-corrected chi connectivity index (χ3v) is 4.62. The van der Waals surface area contributed by atoms with Crippen molar-refractivity contribution >= 4 is 39.1 Å². The number of nitrogens with one attached hydrogen (secondary N) is 1. The van der Waals surface area contributed by atoms with Gasteiger partial charge in [0.15, 0.2) is 0 Å². The van der Waals surface area contributed by atoms with Crippen LogP contribution in [0.1, 0.15) is 18.1 Å². The van der Waals surface area contributed by atoms with E-state index in [4.69, 9.17) is 23.2 Å². The number of hydrogen-bond acceptors (Lipinski definition) is 1. The Kier molecular flexibility index (Phi) is 6.56. The molecule has 112 valence electrons. The highest BCUT2D eigenvalue weighted by atomic mass is 79.9. The molecule has 2 rings (SSSR count). The van der Waals surface area contributed by atoms with E-state index in [-0.39, 0.29) is 0 Å². The van der Waals surface area contributed by atoms with Crippen LogP contribution in [0.5, 0.6) is 0 Å². The van der Waals surface area contributed by atoms with Crippen LogP contribution >= 0.6 is 39.1 Å². The number of rotatable bonds is 6. The van der Waals surface area contributed by atoms with E-state index in [9.17, 15) is 0 Å². The summed E-state index contributed by atoms with van der Waals surface area (Å²) in [7, 11) is 0. The molecule has 1 unspecified atom stereocenters. The van der Waals surface area contributed by atoms with E-state index in [0.29, 0.717) is 16.1 Å². The fourth-order valence-corrected chi connectivity index (χ4v) is 2.95. The summed E-state index contributed by atoms with van der Waals surface area (Å²) in [4.78, 5) is 0. The molecular weight excluding hydrogens is 369 g/mol. The van der Waals surface area contributed by atoms with Gasteiger partial charge in [-0.1, -0.05) is 64.3 Å². The van der Waals surface area contributed by atoms with Crippen LogP contribution in [0, 0.1) is 0 Å². The lowest BCUT2D eigenvalue weighted by molar-refractivity contribution is 0.521. The molecule has 0 amide bonds. The fraction of sp³-hybridized carbons (Fsp3) is 0.294. The number of hydrogen-bond donors (Lipinski definition) is 1. The van der Waals surface area contributed by atoms with Crippen molar-refractivity contribution in [2.24, 2.45) is 0 Å². The van der Waals surface area contributed by atoms with Gasteiger partial charge in [0, 0.05) is 10.5 Å². The van der Waals surface area contributed by atoms with Crippen molar-refractivity contribution in [3.63, 3.8) is 0 Å². The van der Waals surface area contributed by atoms with Crippen molar-refractivity contribution in [1.82, 2.24) is 5.32 Å². The Bertz CT molecular complexity index is 584. The van der Waals surface area contributed by atoms with Crippen LogP contribution in [0.25, 0.3) is 0 Å². The molecule has 0 bridgehead atoms. The van der Waals surface area contributed by atoms with Crippen molar-refractivity contribution in [2.45, 2.75) is 25.8 Å². The molecule has 2 aromatic carbocycles. The first-order chi connectivity index (χ1) is 10.1. The van der Waals surface area contributed by atoms with Crippen molar-refractivity contribution in [3.8, 4) is 0 Å². The van der Waals surface area contributed by atoms with Gasteiger partial charge >= 0.3 is 0 Å². The molecule has 1 nitrogen and oxygen atoms in total. The number of halogens is 3. The minimum Gasteiger partial charge on any atom is -0.314 e. The zero-order valence-electron chi connectivity index (χ0n) is 11.9. The summed E-state index contributed by atoms with van der Waals surface area (Å²) in [5.74, 6) is 0. The van der Waals surface area contributed by atoms with Crippen LogP contribution in [0.4, 0.5) is 0 Å². The Labute approximate surface area is 144 Å². The van der Waals surface area contributed by atoms with E-state index in [1.807, 2.05) is 18.2 Å². The maximum atomic E-state index is 6.09. The molecule has 1 atom stereocenters. The summed E-state index contributed by atoms with van der Waals surface area (Å²) in [5, 5.41) is 4.76. The lowest BCUT2D eigenvalue weighted by atomic mass is 9.99. The molecule has 0 aliphatic carbocycles. The predicted octanol–water partition coefficient (Wildman–Crippen LogP) is 5.52. The highest BCUT2D eigenvalue weighted by molar-refractivity contribution is 9.10. The first-order valence-corrected chi connectivity index (χ1v) is 8.55. The van der Waals surface area contributed by atoms with E-state index in [0.717, 1.165) is 23.9 Å². The summed E-state index contributed by atoms with van der Waals surface area (Å²) in [5.41, 5.74) is 2.52. The van der Waals surface area contributed by atoms with E-state index in [1.54, 1.807) is 0 Å². The summed E-state index contributed by atoms with van der Waals surface area (Å²) in [6.07, 6.45) is 1.92. The maximum Gasteiger partial charge on any atom is 0.0595 e. The van der Waals surface area contributed by atoms with Gasteiger partial charge in [-0.3, -0.25) is 0 Å². The summed E-state index contributed by atoms with van der Waals surface area (Å²) < 4.78 is 1.11. The zero-order valence-corrected chi connectivity index (χ0v) is 15.0. The van der Waals surface area contributed by atoms with Crippen molar-refractivity contribution in [3.05, 3.63) is 68.1 Å².